The summed E-state index contributed by atoms with van der Waals surface area (Å²) < 4.78 is 90.9. The molecule has 0 amide bonds. The van der Waals surface area contributed by atoms with Crippen LogP contribution in [0, 0.1) is 5.92 Å². The molecule has 2 fully saturated rings. The molecule has 1 heterocycles. The molecule has 0 radical (unpaired) electrons. The molecule has 0 unspecified atom stereocenters. The minimum atomic E-state index is -4.95. The Labute approximate surface area is 170 Å². The van der Waals surface area contributed by atoms with Crippen LogP contribution in [-0.4, -0.2) is 18.0 Å². The number of ether oxygens (including phenoxy) is 2. The Morgan fingerprint density at radius 3 is 2.00 bits per heavy atom. The maximum atomic E-state index is 13.2. The van der Waals surface area contributed by atoms with Crippen LogP contribution >= 0.6 is 0 Å². The molecule has 0 N–H and O–H groups in total. The first-order chi connectivity index (χ1) is 13.9. The van der Waals surface area contributed by atoms with Crippen molar-refractivity contribution < 1.29 is 40.6 Å². The topological polar surface area (TPSA) is 35.5 Å². The fraction of sp³-hybridized carbons (Fsp3) is 0.667. The summed E-state index contributed by atoms with van der Waals surface area (Å²) in [4.78, 5) is 11.6. The maximum absolute atomic E-state index is 13.2. The van der Waals surface area contributed by atoms with Crippen LogP contribution in [0.25, 0.3) is 0 Å². The van der Waals surface area contributed by atoms with Gasteiger partial charge in [-0.25, -0.2) is 0 Å². The number of carbonyl (C=O) groups excluding carboxylic acids is 1. The van der Waals surface area contributed by atoms with Gasteiger partial charge in [0.25, 0.3) is 0 Å². The number of carbonyl (C=O) groups is 1. The smallest absolute Gasteiger partial charge is 0.345 e. The summed E-state index contributed by atoms with van der Waals surface area (Å²) >= 11 is 0. The molecule has 1 saturated carbocycles. The molecule has 2 aliphatic rings. The van der Waals surface area contributed by atoms with Crippen molar-refractivity contribution in [3.05, 3.63) is 34.9 Å². The van der Waals surface area contributed by atoms with E-state index in [1.165, 1.54) is 6.92 Å². The molecule has 3 rings (SSSR count). The third kappa shape index (κ3) is 5.75. The Morgan fingerprint density at radius 2 is 1.50 bits per heavy atom. The van der Waals surface area contributed by atoms with Crippen molar-refractivity contribution in [2.75, 3.05) is 0 Å². The van der Waals surface area contributed by atoms with Gasteiger partial charge < -0.3 is 9.47 Å². The molecule has 3 nitrogen and oxygen atoms in total. The van der Waals surface area contributed by atoms with Gasteiger partial charge in [0.2, 0.25) is 0 Å². The maximum Gasteiger partial charge on any atom is 0.416 e. The van der Waals surface area contributed by atoms with Crippen LogP contribution in [0.5, 0.6) is 0 Å². The summed E-state index contributed by atoms with van der Waals surface area (Å²) in [6.07, 6.45) is -7.03. The zero-order valence-corrected chi connectivity index (χ0v) is 16.5. The highest BCUT2D eigenvalue weighted by Gasteiger charge is 2.40. The van der Waals surface area contributed by atoms with Gasteiger partial charge in [-0.1, -0.05) is 19.3 Å². The standard InChI is InChI=1S/C21H24F6O3/c1-12(28)7-17-11-18(13-5-3-2-4-6-13)30-19(29-17)14-8-15(20(22,23)24)10-16(9-14)21(25,26)27/h8-10,13,17-19H,2-7,11H2,1H3/t17-,18-,19-/m1/s1. The molecule has 0 aromatic heterocycles. The second kappa shape index (κ2) is 8.86. The van der Waals surface area contributed by atoms with Crippen LogP contribution in [0.15, 0.2) is 18.2 Å². The van der Waals surface area contributed by atoms with E-state index in [0.717, 1.165) is 32.1 Å². The van der Waals surface area contributed by atoms with Crippen LogP contribution in [0.3, 0.4) is 0 Å². The monoisotopic (exact) mass is 438 g/mol. The highest BCUT2D eigenvalue weighted by Crippen LogP contribution is 2.42. The second-order valence-electron chi connectivity index (χ2n) is 8.14. The molecule has 1 aliphatic heterocycles. The van der Waals surface area contributed by atoms with Crippen molar-refractivity contribution in [1.29, 1.82) is 0 Å². The van der Waals surface area contributed by atoms with E-state index in [0.29, 0.717) is 18.6 Å². The van der Waals surface area contributed by atoms with E-state index in [1.807, 2.05) is 0 Å². The molecule has 9 heteroatoms. The number of rotatable bonds is 4. The van der Waals surface area contributed by atoms with E-state index in [9.17, 15) is 31.1 Å². The Balaban J connectivity index is 1.95. The first-order valence-corrected chi connectivity index (χ1v) is 10.0. The molecule has 1 aromatic rings. The summed E-state index contributed by atoms with van der Waals surface area (Å²) in [7, 11) is 0. The predicted octanol–water partition coefficient (Wildman–Crippen LogP) is 6.46. The van der Waals surface area contributed by atoms with Crippen molar-refractivity contribution in [3.8, 4) is 0 Å². The molecule has 3 atom stereocenters. The van der Waals surface area contributed by atoms with Crippen molar-refractivity contribution >= 4 is 5.78 Å². The fourth-order valence-electron chi connectivity index (χ4n) is 4.27. The Kier molecular flexibility index (Phi) is 6.81. The van der Waals surface area contributed by atoms with Crippen molar-refractivity contribution in [1.82, 2.24) is 0 Å². The van der Waals surface area contributed by atoms with Gasteiger partial charge in [-0.2, -0.15) is 26.3 Å². The fourth-order valence-corrected chi connectivity index (χ4v) is 4.27. The van der Waals surface area contributed by atoms with Gasteiger partial charge in [0.15, 0.2) is 6.29 Å². The van der Waals surface area contributed by atoms with Gasteiger partial charge >= 0.3 is 12.4 Å². The molecule has 1 saturated heterocycles. The quantitative estimate of drug-likeness (QED) is 0.507. The number of benzene rings is 1. The molecule has 168 valence electrons. The Hall–Kier alpha value is -1.61. The number of alkyl halides is 6. The number of hydrogen-bond donors (Lipinski definition) is 0. The van der Waals surface area contributed by atoms with Gasteiger partial charge in [0, 0.05) is 18.4 Å². The van der Waals surface area contributed by atoms with Gasteiger partial charge in [0.05, 0.1) is 23.3 Å². The van der Waals surface area contributed by atoms with Gasteiger partial charge in [-0.15, -0.1) is 0 Å². The number of hydrogen-bond acceptors (Lipinski definition) is 3. The third-order valence-electron chi connectivity index (χ3n) is 5.68. The average molecular weight is 438 g/mol. The van der Waals surface area contributed by atoms with E-state index in [2.05, 4.69) is 0 Å². The molecule has 1 aliphatic carbocycles. The third-order valence-corrected chi connectivity index (χ3v) is 5.68. The van der Waals surface area contributed by atoms with Crippen LogP contribution < -0.4 is 0 Å². The van der Waals surface area contributed by atoms with Crippen molar-refractivity contribution in [2.24, 2.45) is 5.92 Å². The Bertz CT molecular complexity index is 720. The molecular weight excluding hydrogens is 414 g/mol. The zero-order valence-electron chi connectivity index (χ0n) is 16.5. The molecule has 0 spiro atoms. The number of Topliss-reactive ketones (excluding diaryl/α,β-unsaturated/α-hetero) is 1. The lowest BCUT2D eigenvalue weighted by Crippen LogP contribution is -2.39. The summed E-state index contributed by atoms with van der Waals surface area (Å²) in [5.74, 6) is -0.0180. The van der Waals surface area contributed by atoms with Crippen LogP contribution in [0.1, 0.15) is 74.8 Å². The number of ketones is 1. The highest BCUT2D eigenvalue weighted by molar-refractivity contribution is 5.76. The summed E-state index contributed by atoms with van der Waals surface area (Å²) in [6, 6.07) is 1.35. The number of halogens is 6. The van der Waals surface area contributed by atoms with Crippen LogP contribution in [0.4, 0.5) is 26.3 Å². The van der Waals surface area contributed by atoms with E-state index in [-0.39, 0.29) is 35.9 Å². The van der Waals surface area contributed by atoms with Crippen LogP contribution in [-0.2, 0) is 26.6 Å². The van der Waals surface area contributed by atoms with E-state index in [4.69, 9.17) is 9.47 Å². The minimum Gasteiger partial charge on any atom is -0.345 e. The highest BCUT2D eigenvalue weighted by atomic mass is 19.4. The van der Waals surface area contributed by atoms with E-state index in [1.54, 1.807) is 0 Å². The lowest BCUT2D eigenvalue weighted by Gasteiger charge is -2.40. The van der Waals surface area contributed by atoms with Crippen molar-refractivity contribution in [2.45, 2.75) is 82.7 Å². The molecular formula is C21H24F6O3. The lowest BCUT2D eigenvalue weighted by atomic mass is 9.82. The summed E-state index contributed by atoms with van der Waals surface area (Å²) in [6.45, 7) is 1.37. The largest absolute Gasteiger partial charge is 0.416 e. The zero-order chi connectivity index (χ0) is 22.1. The van der Waals surface area contributed by atoms with E-state index >= 15 is 0 Å². The summed E-state index contributed by atoms with van der Waals surface area (Å²) in [5.41, 5.74) is -3.17. The van der Waals surface area contributed by atoms with Gasteiger partial charge in [-0.05, 0) is 43.9 Å². The normalized spacial score (nSPS) is 26.6. The Morgan fingerprint density at radius 1 is 0.933 bits per heavy atom. The van der Waals surface area contributed by atoms with Gasteiger partial charge in [0.1, 0.15) is 5.78 Å². The lowest BCUT2D eigenvalue weighted by molar-refractivity contribution is -0.260. The minimum absolute atomic E-state index is 0.0359. The molecule has 1 aromatic carbocycles. The second-order valence-corrected chi connectivity index (χ2v) is 8.14. The van der Waals surface area contributed by atoms with E-state index < -0.39 is 35.9 Å². The molecule has 30 heavy (non-hydrogen) atoms. The van der Waals surface area contributed by atoms with Crippen molar-refractivity contribution in [3.63, 3.8) is 0 Å². The first kappa shape index (κ1) is 23.1. The summed E-state index contributed by atoms with van der Waals surface area (Å²) in [5, 5.41) is 0. The first-order valence-electron chi connectivity index (χ1n) is 10.0. The predicted molar refractivity (Wildman–Crippen MR) is 95.4 cm³/mol. The van der Waals surface area contributed by atoms with Gasteiger partial charge in [-0.3, -0.25) is 4.79 Å². The molecule has 0 bridgehead atoms. The SMILES string of the molecule is CC(=O)C[C@@H]1C[C@H](C2CCCCC2)O[C@H](c2cc(C(F)(F)F)cc(C(F)(F)F)c2)O1. The average Bonchev–Trinajstić information content (AvgIpc) is 2.66. The van der Waals surface area contributed by atoms with Crippen LogP contribution in [0.2, 0.25) is 0 Å².